The molecule has 1 atom stereocenters. The normalized spacial score (nSPS) is 11.8. The highest BCUT2D eigenvalue weighted by atomic mass is 16.6. The summed E-state index contributed by atoms with van der Waals surface area (Å²) in [7, 11) is 0. The Morgan fingerprint density at radius 2 is 0.491 bits per heavy atom. The fourth-order valence-electron chi connectivity index (χ4n) is 7.38. The molecule has 0 rings (SSSR count). The van der Waals surface area contributed by atoms with Crippen LogP contribution in [0.5, 0.6) is 0 Å². The highest BCUT2D eigenvalue weighted by Crippen LogP contribution is 2.16. The largest absolute Gasteiger partial charge is 0.462 e. The first kappa shape index (κ1) is 53.4. The lowest BCUT2D eigenvalue weighted by molar-refractivity contribution is -0.167. The van der Waals surface area contributed by atoms with Gasteiger partial charge in [-0.05, 0) is 19.3 Å². The molecule has 0 spiro atoms. The predicted octanol–water partition coefficient (Wildman–Crippen LogP) is 15.6. The van der Waals surface area contributed by atoms with Crippen LogP contribution in [0.25, 0.3) is 0 Å². The summed E-state index contributed by atoms with van der Waals surface area (Å²) in [5, 5.41) is 0. The molecule has 55 heavy (non-hydrogen) atoms. The van der Waals surface area contributed by atoms with Gasteiger partial charge in [-0.2, -0.15) is 0 Å². The summed E-state index contributed by atoms with van der Waals surface area (Å²) in [5.41, 5.74) is 0. The van der Waals surface area contributed by atoms with Gasteiger partial charge in [0.1, 0.15) is 13.2 Å². The van der Waals surface area contributed by atoms with Gasteiger partial charge < -0.3 is 14.2 Å². The Labute approximate surface area is 342 Å². The summed E-state index contributed by atoms with van der Waals surface area (Å²) in [6, 6.07) is 0. The molecular formula is C49H94O6. The summed E-state index contributed by atoms with van der Waals surface area (Å²) in [6.45, 7) is 6.65. The Morgan fingerprint density at radius 3 is 0.727 bits per heavy atom. The van der Waals surface area contributed by atoms with Gasteiger partial charge in [-0.1, -0.05) is 239 Å². The minimum atomic E-state index is -0.758. The molecule has 0 N–H and O–H groups in total. The molecular weight excluding hydrogens is 685 g/mol. The number of hydrogen-bond donors (Lipinski definition) is 0. The monoisotopic (exact) mass is 779 g/mol. The lowest BCUT2D eigenvalue weighted by Crippen LogP contribution is -2.30. The van der Waals surface area contributed by atoms with Crippen LogP contribution in [0.3, 0.4) is 0 Å². The number of carbonyl (C=O) groups excluding carboxylic acids is 3. The van der Waals surface area contributed by atoms with E-state index in [2.05, 4.69) is 20.8 Å². The summed E-state index contributed by atoms with van der Waals surface area (Å²) < 4.78 is 16.7. The Hall–Kier alpha value is -1.59. The smallest absolute Gasteiger partial charge is 0.306 e. The third kappa shape index (κ3) is 43.4. The van der Waals surface area contributed by atoms with E-state index in [4.69, 9.17) is 14.2 Å². The summed E-state index contributed by atoms with van der Waals surface area (Å²) >= 11 is 0. The number of hydrogen-bond acceptors (Lipinski definition) is 6. The van der Waals surface area contributed by atoms with Crippen LogP contribution in [0.4, 0.5) is 0 Å². The maximum Gasteiger partial charge on any atom is 0.306 e. The van der Waals surface area contributed by atoms with Crippen LogP contribution < -0.4 is 0 Å². The molecule has 0 aliphatic heterocycles. The van der Waals surface area contributed by atoms with E-state index in [1.54, 1.807) is 0 Å². The number of unbranched alkanes of at least 4 members (excludes halogenated alkanes) is 34. The van der Waals surface area contributed by atoms with Crippen molar-refractivity contribution < 1.29 is 28.6 Å². The lowest BCUT2D eigenvalue weighted by atomic mass is 10.0. The molecule has 0 radical (unpaired) electrons. The van der Waals surface area contributed by atoms with Crippen LogP contribution in [0.1, 0.15) is 278 Å². The molecule has 0 saturated heterocycles. The quantitative estimate of drug-likeness (QED) is 0.0348. The number of esters is 3. The van der Waals surface area contributed by atoms with Crippen LogP contribution >= 0.6 is 0 Å². The molecule has 0 aromatic carbocycles. The van der Waals surface area contributed by atoms with E-state index >= 15 is 0 Å². The third-order valence-electron chi connectivity index (χ3n) is 11.1. The van der Waals surface area contributed by atoms with E-state index in [0.29, 0.717) is 19.3 Å². The van der Waals surface area contributed by atoms with Gasteiger partial charge in [-0.15, -0.1) is 0 Å². The molecule has 0 amide bonds. The number of rotatable bonds is 45. The molecule has 0 bridgehead atoms. The van der Waals surface area contributed by atoms with E-state index < -0.39 is 6.10 Å². The average molecular weight is 779 g/mol. The van der Waals surface area contributed by atoms with Gasteiger partial charge in [0.2, 0.25) is 0 Å². The predicted molar refractivity (Wildman–Crippen MR) is 233 cm³/mol. The highest BCUT2D eigenvalue weighted by Gasteiger charge is 2.19. The second kappa shape index (κ2) is 45.1. The Morgan fingerprint density at radius 1 is 0.291 bits per heavy atom. The van der Waals surface area contributed by atoms with E-state index in [-0.39, 0.29) is 31.1 Å². The van der Waals surface area contributed by atoms with Crippen LogP contribution in [0.2, 0.25) is 0 Å². The molecule has 6 heteroatoms. The van der Waals surface area contributed by atoms with Crippen molar-refractivity contribution in [3.05, 3.63) is 0 Å². The molecule has 0 unspecified atom stereocenters. The fourth-order valence-corrected chi connectivity index (χ4v) is 7.38. The molecule has 0 aliphatic rings. The van der Waals surface area contributed by atoms with Crippen LogP contribution in [0.15, 0.2) is 0 Å². The van der Waals surface area contributed by atoms with Gasteiger partial charge in [0, 0.05) is 19.3 Å². The molecule has 0 aromatic rings. The van der Waals surface area contributed by atoms with Crippen molar-refractivity contribution in [2.24, 2.45) is 0 Å². The molecule has 326 valence electrons. The first-order chi connectivity index (χ1) is 27.0. The Balaban J connectivity index is 4.23. The van der Waals surface area contributed by atoms with E-state index in [1.165, 1.54) is 180 Å². The maximum absolute atomic E-state index is 12.7. The lowest BCUT2D eigenvalue weighted by Gasteiger charge is -2.18. The van der Waals surface area contributed by atoms with Crippen molar-refractivity contribution in [1.82, 2.24) is 0 Å². The second-order valence-corrected chi connectivity index (χ2v) is 16.7. The first-order valence-corrected chi connectivity index (χ1v) is 24.5. The third-order valence-corrected chi connectivity index (χ3v) is 11.1. The zero-order valence-electron chi connectivity index (χ0n) is 37.2. The van der Waals surface area contributed by atoms with Crippen molar-refractivity contribution in [1.29, 1.82) is 0 Å². The molecule has 0 fully saturated rings. The molecule has 0 saturated carbocycles. The number of carbonyl (C=O) groups is 3. The molecule has 0 aliphatic carbocycles. The van der Waals surface area contributed by atoms with Crippen molar-refractivity contribution in [2.45, 2.75) is 284 Å². The first-order valence-electron chi connectivity index (χ1n) is 24.5. The number of ether oxygens (including phenoxy) is 3. The minimum Gasteiger partial charge on any atom is -0.462 e. The van der Waals surface area contributed by atoms with Gasteiger partial charge in [-0.3, -0.25) is 14.4 Å². The van der Waals surface area contributed by atoms with Gasteiger partial charge >= 0.3 is 17.9 Å². The molecule has 0 aromatic heterocycles. The van der Waals surface area contributed by atoms with E-state index in [9.17, 15) is 14.4 Å². The van der Waals surface area contributed by atoms with Crippen LogP contribution in [0, 0.1) is 0 Å². The highest BCUT2D eigenvalue weighted by molar-refractivity contribution is 5.71. The maximum atomic E-state index is 12.7. The summed E-state index contributed by atoms with van der Waals surface area (Å²) in [6.07, 6.45) is 46.6. The summed E-state index contributed by atoms with van der Waals surface area (Å²) in [5.74, 6) is -0.849. The minimum absolute atomic E-state index is 0.0624. The van der Waals surface area contributed by atoms with Crippen LogP contribution in [-0.2, 0) is 28.6 Å². The van der Waals surface area contributed by atoms with Crippen molar-refractivity contribution >= 4 is 17.9 Å². The Kier molecular flexibility index (Phi) is 43.8. The van der Waals surface area contributed by atoms with E-state index in [1.807, 2.05) is 0 Å². The van der Waals surface area contributed by atoms with Crippen molar-refractivity contribution in [3.63, 3.8) is 0 Å². The van der Waals surface area contributed by atoms with Gasteiger partial charge in [0.05, 0.1) is 0 Å². The molecule has 6 nitrogen and oxygen atoms in total. The van der Waals surface area contributed by atoms with E-state index in [0.717, 1.165) is 57.8 Å². The topological polar surface area (TPSA) is 78.9 Å². The summed E-state index contributed by atoms with van der Waals surface area (Å²) in [4.78, 5) is 37.7. The van der Waals surface area contributed by atoms with Gasteiger partial charge in [0.15, 0.2) is 6.10 Å². The standard InChI is InChI=1S/C49H94O6/c1-4-7-10-13-16-19-22-23-24-25-26-27-28-31-33-36-39-42-48(51)54-45-46(55-49(52)43-40-37-34-30-21-18-15-12-9-6-3)44-53-47(50)41-38-35-32-29-20-17-14-11-8-5-2/h46H,4-45H2,1-3H3/t46-/m1/s1. The van der Waals surface area contributed by atoms with Crippen molar-refractivity contribution in [3.8, 4) is 0 Å². The van der Waals surface area contributed by atoms with Gasteiger partial charge in [-0.25, -0.2) is 0 Å². The Bertz CT molecular complexity index is 813. The van der Waals surface area contributed by atoms with Gasteiger partial charge in [0.25, 0.3) is 0 Å². The van der Waals surface area contributed by atoms with Crippen molar-refractivity contribution in [2.75, 3.05) is 13.2 Å². The molecule has 0 heterocycles. The zero-order chi connectivity index (χ0) is 40.1. The second-order valence-electron chi connectivity index (χ2n) is 16.7. The van der Waals surface area contributed by atoms with Crippen LogP contribution in [-0.4, -0.2) is 37.2 Å². The zero-order valence-corrected chi connectivity index (χ0v) is 37.2. The SMILES string of the molecule is CCCCCCCCCCCCCCCCCCCC(=O)OC[C@@H](COC(=O)CCCCCCCCCCCC)OC(=O)CCCCCCCCCCCC. The fraction of sp³-hybridized carbons (Fsp3) is 0.939. The average Bonchev–Trinajstić information content (AvgIpc) is 3.18.